The molecule has 0 aliphatic carbocycles. The Hall–Kier alpha value is -2.16. The average molecular weight is 383 g/mol. The van der Waals surface area contributed by atoms with Crippen molar-refractivity contribution in [3.05, 3.63) is 36.2 Å². The second kappa shape index (κ2) is 8.28. The van der Waals surface area contributed by atoms with Crippen LogP contribution in [-0.2, 0) is 0 Å². The highest BCUT2D eigenvalue weighted by Gasteiger charge is 2.24. The van der Waals surface area contributed by atoms with Gasteiger partial charge in [-0.15, -0.1) is 12.4 Å². The van der Waals surface area contributed by atoms with Crippen LogP contribution in [0.2, 0.25) is 0 Å². The van der Waals surface area contributed by atoms with E-state index >= 15 is 0 Å². The zero-order valence-electron chi connectivity index (χ0n) is 14.1. The Kier molecular flexibility index (Phi) is 6.35. The highest BCUT2D eigenvalue weighted by molar-refractivity contribution is 7.22. The van der Waals surface area contributed by atoms with Crippen molar-refractivity contribution >= 4 is 45.0 Å². The number of halogens is 1. The Labute approximate surface area is 155 Å². The van der Waals surface area contributed by atoms with E-state index in [0.29, 0.717) is 24.0 Å². The van der Waals surface area contributed by atoms with Gasteiger partial charge < -0.3 is 14.2 Å². The molecule has 0 spiro atoms. The third-order valence-electron chi connectivity index (χ3n) is 3.49. The lowest BCUT2D eigenvalue weighted by molar-refractivity contribution is 0.0949. The van der Waals surface area contributed by atoms with Gasteiger partial charge in [-0.05, 0) is 26.2 Å². The molecule has 0 saturated heterocycles. The van der Waals surface area contributed by atoms with E-state index in [1.807, 2.05) is 37.2 Å². The van der Waals surface area contributed by atoms with Crippen LogP contribution in [0.1, 0.15) is 10.6 Å². The fraction of sp³-hybridized carbons (Fsp3) is 0.312. The number of anilines is 1. The van der Waals surface area contributed by atoms with Gasteiger partial charge in [0.25, 0.3) is 5.91 Å². The van der Waals surface area contributed by atoms with E-state index < -0.39 is 0 Å². The Balaban J connectivity index is 0.00000225. The molecule has 7 nitrogen and oxygen atoms in total. The summed E-state index contributed by atoms with van der Waals surface area (Å²) in [6, 6.07) is 7.28. The first kappa shape index (κ1) is 19.2. The minimum absolute atomic E-state index is 0. The van der Waals surface area contributed by atoms with Crippen LogP contribution in [0, 0.1) is 0 Å². The highest BCUT2D eigenvalue weighted by Crippen LogP contribution is 2.34. The monoisotopic (exact) mass is 382 g/mol. The molecular formula is C16H19ClN4O3S. The first-order valence-corrected chi connectivity index (χ1v) is 8.22. The summed E-state index contributed by atoms with van der Waals surface area (Å²) < 4.78 is 11.3. The van der Waals surface area contributed by atoms with Crippen LogP contribution < -0.4 is 9.64 Å². The van der Waals surface area contributed by atoms with Gasteiger partial charge in [0.2, 0.25) is 5.76 Å². The second-order valence-electron chi connectivity index (χ2n) is 5.44. The van der Waals surface area contributed by atoms with Crippen molar-refractivity contribution in [2.75, 3.05) is 39.2 Å². The Bertz CT molecular complexity index is 835. The van der Waals surface area contributed by atoms with Gasteiger partial charge in [-0.25, -0.2) is 4.98 Å². The maximum Gasteiger partial charge on any atom is 0.298 e. The normalized spacial score (nSPS) is 10.7. The number of ether oxygens (including phenoxy) is 1. The summed E-state index contributed by atoms with van der Waals surface area (Å²) >= 11 is 1.45. The molecule has 1 aromatic carbocycles. The van der Waals surface area contributed by atoms with Gasteiger partial charge >= 0.3 is 0 Å². The van der Waals surface area contributed by atoms with Gasteiger partial charge in [-0.3, -0.25) is 9.69 Å². The Morgan fingerprint density at radius 2 is 2.08 bits per heavy atom. The number of para-hydroxylation sites is 1. The molecule has 9 heteroatoms. The molecule has 0 N–H and O–H groups in total. The van der Waals surface area contributed by atoms with Crippen molar-refractivity contribution in [2.24, 2.45) is 0 Å². The lowest BCUT2D eigenvalue weighted by Gasteiger charge is -2.20. The van der Waals surface area contributed by atoms with E-state index in [0.717, 1.165) is 10.2 Å². The van der Waals surface area contributed by atoms with Crippen LogP contribution in [0.5, 0.6) is 5.75 Å². The molecule has 1 amide bonds. The molecule has 2 heterocycles. The predicted molar refractivity (Wildman–Crippen MR) is 100 cm³/mol. The maximum atomic E-state index is 12.8. The van der Waals surface area contributed by atoms with Gasteiger partial charge in [0.1, 0.15) is 11.3 Å². The number of fused-ring (bicyclic) bond motifs is 1. The number of rotatable bonds is 6. The van der Waals surface area contributed by atoms with Crippen LogP contribution in [0.15, 0.2) is 35.0 Å². The molecule has 3 rings (SSSR count). The molecule has 25 heavy (non-hydrogen) atoms. The minimum Gasteiger partial charge on any atom is -0.494 e. The standard InChI is InChI=1S/C16H18N4O3S.ClH/c1-19(2)9-10-20(15(21)12-7-8-17-23-12)16-18-14-11(22-3)5-4-6-13(14)24-16;/h4-8H,9-10H2,1-3H3;1H. The summed E-state index contributed by atoms with van der Waals surface area (Å²) in [7, 11) is 5.52. The fourth-order valence-corrected chi connectivity index (χ4v) is 3.24. The number of amides is 1. The molecule has 0 saturated carbocycles. The Morgan fingerprint density at radius 3 is 2.72 bits per heavy atom. The third-order valence-corrected chi connectivity index (χ3v) is 4.53. The van der Waals surface area contributed by atoms with Gasteiger partial charge in [0.05, 0.1) is 18.0 Å². The predicted octanol–water partition coefficient (Wildman–Crippen LogP) is 2.92. The number of aromatic nitrogens is 2. The number of likely N-dealkylation sites (N-methyl/N-ethyl adjacent to an activating group) is 1. The maximum absolute atomic E-state index is 12.8. The van der Waals surface area contributed by atoms with E-state index in [2.05, 4.69) is 10.1 Å². The van der Waals surface area contributed by atoms with Crippen molar-refractivity contribution in [2.45, 2.75) is 0 Å². The molecule has 0 aliphatic heterocycles. The zero-order chi connectivity index (χ0) is 17.1. The zero-order valence-corrected chi connectivity index (χ0v) is 15.8. The third kappa shape index (κ3) is 4.09. The molecule has 0 aliphatic rings. The SMILES string of the molecule is COc1cccc2sc(N(CCN(C)C)C(=O)c3ccno3)nc12.Cl. The summed E-state index contributed by atoms with van der Waals surface area (Å²) in [4.78, 5) is 21.0. The minimum atomic E-state index is -0.257. The summed E-state index contributed by atoms with van der Waals surface area (Å²) in [6.45, 7) is 1.20. The first-order chi connectivity index (χ1) is 11.6. The van der Waals surface area contributed by atoms with Gasteiger partial charge in [0, 0.05) is 19.2 Å². The van der Waals surface area contributed by atoms with Gasteiger partial charge in [-0.1, -0.05) is 22.6 Å². The van der Waals surface area contributed by atoms with E-state index in [9.17, 15) is 4.79 Å². The largest absolute Gasteiger partial charge is 0.494 e. The molecule has 0 atom stereocenters. The van der Waals surface area contributed by atoms with Crippen molar-refractivity contribution in [3.8, 4) is 5.75 Å². The van der Waals surface area contributed by atoms with E-state index in [-0.39, 0.29) is 24.1 Å². The Morgan fingerprint density at radius 1 is 1.28 bits per heavy atom. The summed E-state index contributed by atoms with van der Waals surface area (Å²) in [5, 5.41) is 4.22. The molecule has 0 bridgehead atoms. The van der Waals surface area contributed by atoms with Crippen molar-refractivity contribution in [1.82, 2.24) is 15.0 Å². The number of thiazole rings is 1. The van der Waals surface area contributed by atoms with Crippen LogP contribution in [0.3, 0.4) is 0 Å². The number of carbonyl (C=O) groups excluding carboxylic acids is 1. The van der Waals surface area contributed by atoms with Crippen molar-refractivity contribution in [3.63, 3.8) is 0 Å². The number of hydrogen-bond acceptors (Lipinski definition) is 7. The molecule has 2 aromatic heterocycles. The van der Waals surface area contributed by atoms with Crippen molar-refractivity contribution < 1.29 is 14.1 Å². The smallest absolute Gasteiger partial charge is 0.298 e. The van der Waals surface area contributed by atoms with E-state index in [1.165, 1.54) is 17.5 Å². The van der Waals surface area contributed by atoms with Gasteiger partial charge in [0.15, 0.2) is 5.13 Å². The number of methoxy groups -OCH3 is 1. The van der Waals surface area contributed by atoms with E-state index in [4.69, 9.17) is 9.26 Å². The second-order valence-corrected chi connectivity index (χ2v) is 6.45. The van der Waals surface area contributed by atoms with Crippen LogP contribution >= 0.6 is 23.7 Å². The quantitative estimate of drug-likeness (QED) is 0.652. The molecule has 3 aromatic rings. The fourth-order valence-electron chi connectivity index (χ4n) is 2.23. The summed E-state index contributed by atoms with van der Waals surface area (Å²) in [5.41, 5.74) is 0.750. The first-order valence-electron chi connectivity index (χ1n) is 7.41. The number of carbonyl (C=O) groups is 1. The topological polar surface area (TPSA) is 71.7 Å². The number of nitrogens with zero attached hydrogens (tertiary/aromatic N) is 4. The number of benzene rings is 1. The molecule has 134 valence electrons. The van der Waals surface area contributed by atoms with E-state index in [1.54, 1.807) is 18.1 Å². The summed E-state index contributed by atoms with van der Waals surface area (Å²) in [6.07, 6.45) is 1.46. The lowest BCUT2D eigenvalue weighted by atomic mass is 10.3. The molecule has 0 radical (unpaired) electrons. The molecular weight excluding hydrogens is 364 g/mol. The average Bonchev–Trinajstić information content (AvgIpc) is 3.23. The summed E-state index contributed by atoms with van der Waals surface area (Å²) in [5.74, 6) is 0.627. The van der Waals surface area contributed by atoms with Crippen LogP contribution in [0.4, 0.5) is 5.13 Å². The lowest BCUT2D eigenvalue weighted by Crippen LogP contribution is -2.36. The van der Waals surface area contributed by atoms with Gasteiger partial charge in [-0.2, -0.15) is 0 Å². The van der Waals surface area contributed by atoms with Crippen LogP contribution in [0.25, 0.3) is 10.2 Å². The van der Waals surface area contributed by atoms with Crippen molar-refractivity contribution in [1.29, 1.82) is 0 Å². The highest BCUT2D eigenvalue weighted by atomic mass is 35.5. The molecule has 0 fully saturated rings. The van der Waals surface area contributed by atoms with Crippen LogP contribution in [-0.4, -0.2) is 55.2 Å². The number of hydrogen-bond donors (Lipinski definition) is 0. The molecule has 0 unspecified atom stereocenters.